The second-order valence-corrected chi connectivity index (χ2v) is 6.14. The van der Waals surface area contributed by atoms with E-state index in [2.05, 4.69) is 18.2 Å². The second kappa shape index (κ2) is 5.67. The van der Waals surface area contributed by atoms with Crippen molar-refractivity contribution in [2.24, 2.45) is 0 Å². The molecule has 0 atom stereocenters. The number of hydrogen-bond acceptors (Lipinski definition) is 1. The number of nitrogens with zero attached hydrogens (tertiary/aromatic N) is 1. The van der Waals surface area contributed by atoms with Gasteiger partial charge < -0.3 is 0 Å². The van der Waals surface area contributed by atoms with Gasteiger partial charge in [0.05, 0.1) is 10.5 Å². The Morgan fingerprint density at radius 2 is 1.90 bits per heavy atom. The normalized spacial score (nSPS) is 12.3. The number of hydrogen-bond donors (Lipinski definition) is 0. The van der Waals surface area contributed by atoms with Gasteiger partial charge in [0.15, 0.2) is 0 Å². The van der Waals surface area contributed by atoms with Crippen molar-refractivity contribution < 1.29 is 0 Å². The number of rotatable bonds is 2. The van der Waals surface area contributed by atoms with Crippen LogP contribution in [0.2, 0.25) is 5.02 Å². The predicted octanol–water partition coefficient (Wildman–Crippen LogP) is 6.03. The quantitative estimate of drug-likeness (QED) is 0.526. The first-order valence-electron chi connectivity index (χ1n) is 6.86. The molecule has 0 aliphatic carbocycles. The first kappa shape index (κ1) is 14.4. The fraction of sp³-hybridized carbons (Fsp3) is 0.167. The molecule has 1 heterocycles. The van der Waals surface area contributed by atoms with Gasteiger partial charge in [0.1, 0.15) is 0 Å². The number of benzene rings is 2. The lowest BCUT2D eigenvalue weighted by atomic mass is 10.0. The van der Waals surface area contributed by atoms with Crippen LogP contribution in [0.15, 0.2) is 47.5 Å². The van der Waals surface area contributed by atoms with Crippen LogP contribution in [-0.2, 0) is 6.42 Å². The number of allylic oxidation sites excluding steroid dienone is 2. The molecule has 3 rings (SSSR count). The van der Waals surface area contributed by atoms with E-state index in [1.165, 1.54) is 5.39 Å². The summed E-state index contributed by atoms with van der Waals surface area (Å²) in [5, 5.41) is 4.85. The van der Waals surface area contributed by atoms with Gasteiger partial charge in [-0.25, -0.2) is 0 Å². The highest BCUT2D eigenvalue weighted by atomic mass is 35.5. The summed E-state index contributed by atoms with van der Waals surface area (Å²) in [5.74, 6) is 0. The van der Waals surface area contributed by atoms with E-state index in [1.54, 1.807) is 0 Å². The fourth-order valence-electron chi connectivity index (χ4n) is 2.59. The highest BCUT2D eigenvalue weighted by Crippen LogP contribution is 2.33. The number of fused-ring (bicyclic) bond motifs is 3. The van der Waals surface area contributed by atoms with Gasteiger partial charge in [0.25, 0.3) is 0 Å². The van der Waals surface area contributed by atoms with Gasteiger partial charge >= 0.3 is 0 Å². The largest absolute Gasteiger partial charge is 0.252 e. The monoisotopic (exact) mass is 315 g/mol. The first-order chi connectivity index (χ1) is 10.1. The molecule has 0 spiro atoms. The molecule has 1 nitrogen and oxygen atoms in total. The molecule has 2 aromatic carbocycles. The Bertz CT molecular complexity index is 862. The van der Waals surface area contributed by atoms with Crippen molar-refractivity contribution in [2.75, 3.05) is 0 Å². The lowest BCUT2D eigenvalue weighted by Crippen LogP contribution is -1.96. The van der Waals surface area contributed by atoms with Crippen molar-refractivity contribution in [3.8, 4) is 0 Å². The minimum atomic E-state index is 0.704. The number of aromatic nitrogens is 1. The summed E-state index contributed by atoms with van der Waals surface area (Å²) in [5.41, 5.74) is 2.96. The zero-order valence-corrected chi connectivity index (χ0v) is 13.5. The molecule has 0 N–H and O–H groups in total. The molecule has 21 heavy (non-hydrogen) atoms. The van der Waals surface area contributed by atoms with Crippen LogP contribution in [-0.4, -0.2) is 4.98 Å². The Morgan fingerprint density at radius 1 is 1.14 bits per heavy atom. The summed E-state index contributed by atoms with van der Waals surface area (Å²) in [4.78, 5) is 4.79. The van der Waals surface area contributed by atoms with Crippen molar-refractivity contribution in [2.45, 2.75) is 20.3 Å². The molecule has 106 valence electrons. The second-order valence-electron chi connectivity index (χ2n) is 5.17. The molecule has 0 aliphatic heterocycles. The number of aryl methyl sites for hydroxylation is 1. The summed E-state index contributed by atoms with van der Waals surface area (Å²) in [6.07, 6.45) is 2.67. The molecule has 0 amide bonds. The third-order valence-corrected chi connectivity index (χ3v) is 4.29. The smallest absolute Gasteiger partial charge is 0.0798 e. The highest BCUT2D eigenvalue weighted by molar-refractivity contribution is 6.37. The van der Waals surface area contributed by atoms with Crippen molar-refractivity contribution in [3.05, 3.63) is 63.8 Å². The zero-order chi connectivity index (χ0) is 15.0. The maximum absolute atomic E-state index is 6.62. The third kappa shape index (κ3) is 2.64. The van der Waals surface area contributed by atoms with Crippen LogP contribution in [0.1, 0.15) is 18.2 Å². The summed E-state index contributed by atoms with van der Waals surface area (Å²) >= 11 is 12.5. The summed E-state index contributed by atoms with van der Waals surface area (Å²) in [6, 6.07) is 12.4. The Morgan fingerprint density at radius 3 is 2.67 bits per heavy atom. The highest BCUT2D eigenvalue weighted by Gasteiger charge is 2.12. The van der Waals surface area contributed by atoms with Crippen molar-refractivity contribution >= 4 is 44.9 Å². The topological polar surface area (TPSA) is 12.9 Å². The number of pyridine rings is 1. The van der Waals surface area contributed by atoms with Gasteiger partial charge in [-0.2, -0.15) is 0 Å². The molecule has 1 aromatic heterocycles. The van der Waals surface area contributed by atoms with Crippen molar-refractivity contribution in [1.29, 1.82) is 0 Å². The van der Waals surface area contributed by atoms with E-state index in [4.69, 9.17) is 28.2 Å². The van der Waals surface area contributed by atoms with E-state index in [0.29, 0.717) is 6.42 Å². The van der Waals surface area contributed by atoms with Crippen LogP contribution in [0.5, 0.6) is 0 Å². The van der Waals surface area contributed by atoms with Gasteiger partial charge in [0.2, 0.25) is 0 Å². The summed E-state index contributed by atoms with van der Waals surface area (Å²) in [7, 11) is 0. The van der Waals surface area contributed by atoms with Crippen molar-refractivity contribution in [3.63, 3.8) is 0 Å². The van der Waals surface area contributed by atoms with Crippen LogP contribution in [0.4, 0.5) is 0 Å². The lowest BCUT2D eigenvalue weighted by molar-refractivity contribution is 1.13. The van der Waals surface area contributed by atoms with Crippen molar-refractivity contribution in [1.82, 2.24) is 4.98 Å². The van der Waals surface area contributed by atoms with E-state index in [9.17, 15) is 0 Å². The average Bonchev–Trinajstić information content (AvgIpc) is 2.46. The predicted molar refractivity (Wildman–Crippen MR) is 92.3 cm³/mol. The first-order valence-corrected chi connectivity index (χ1v) is 7.62. The molecule has 0 saturated heterocycles. The molecule has 0 fully saturated rings. The average molecular weight is 316 g/mol. The van der Waals surface area contributed by atoms with Gasteiger partial charge in [-0.15, -0.1) is 0 Å². The van der Waals surface area contributed by atoms with Gasteiger partial charge in [-0.3, -0.25) is 4.98 Å². The standard InChI is InChI=1S/C18H15Cl2N/c1-11(19)7-9-14-12(2)21-18-15-6-4-3-5-13(15)8-10-16(18)17(14)20/h3-8,10H,9H2,1-2H3. The van der Waals surface area contributed by atoms with Gasteiger partial charge in [-0.05, 0) is 31.2 Å². The molecule has 3 aromatic rings. The molecule has 0 aliphatic rings. The zero-order valence-electron chi connectivity index (χ0n) is 12.0. The Balaban J connectivity index is 2.31. The molecule has 0 radical (unpaired) electrons. The Hall–Kier alpha value is -1.57. The molecular formula is C18H15Cl2N. The van der Waals surface area contributed by atoms with Crippen LogP contribution in [0.3, 0.4) is 0 Å². The molecule has 0 saturated carbocycles. The molecule has 3 heteroatoms. The minimum Gasteiger partial charge on any atom is -0.252 e. The molecular weight excluding hydrogens is 301 g/mol. The number of halogens is 2. The summed E-state index contributed by atoms with van der Waals surface area (Å²) in [6.45, 7) is 3.87. The van der Waals surface area contributed by atoms with Gasteiger partial charge in [-0.1, -0.05) is 65.7 Å². The molecule has 0 bridgehead atoms. The Kier molecular flexibility index (Phi) is 3.88. The van der Waals surface area contributed by atoms with E-state index in [0.717, 1.165) is 37.6 Å². The van der Waals surface area contributed by atoms with E-state index >= 15 is 0 Å². The van der Waals surface area contributed by atoms with E-state index < -0.39 is 0 Å². The van der Waals surface area contributed by atoms with Crippen LogP contribution >= 0.6 is 23.2 Å². The Labute approximate surface area is 134 Å². The van der Waals surface area contributed by atoms with E-state index in [1.807, 2.05) is 38.1 Å². The lowest BCUT2D eigenvalue weighted by Gasteiger charge is -2.11. The van der Waals surface area contributed by atoms with Crippen LogP contribution in [0.25, 0.3) is 21.7 Å². The third-order valence-electron chi connectivity index (χ3n) is 3.71. The van der Waals surface area contributed by atoms with Crippen LogP contribution < -0.4 is 0 Å². The maximum atomic E-state index is 6.62. The fourth-order valence-corrected chi connectivity index (χ4v) is 3.03. The SMILES string of the molecule is CC(Cl)=CCc1c(C)nc2c(ccc3ccccc32)c1Cl. The van der Waals surface area contributed by atoms with Crippen LogP contribution in [0, 0.1) is 6.92 Å². The maximum Gasteiger partial charge on any atom is 0.0798 e. The molecule has 0 unspecified atom stereocenters. The van der Waals surface area contributed by atoms with E-state index in [-0.39, 0.29) is 0 Å². The summed E-state index contributed by atoms with van der Waals surface area (Å²) < 4.78 is 0. The van der Waals surface area contributed by atoms with Gasteiger partial charge in [0, 0.05) is 21.5 Å². The minimum absolute atomic E-state index is 0.704.